The summed E-state index contributed by atoms with van der Waals surface area (Å²) in [6, 6.07) is 8.08. The maximum absolute atomic E-state index is 10.9. The number of aryl methyl sites for hydroxylation is 1. The van der Waals surface area contributed by atoms with Crippen molar-refractivity contribution in [1.82, 2.24) is 4.98 Å². The highest BCUT2D eigenvalue weighted by Crippen LogP contribution is 2.16. The van der Waals surface area contributed by atoms with Gasteiger partial charge < -0.3 is 4.98 Å². The van der Waals surface area contributed by atoms with E-state index in [1.165, 1.54) is 16.9 Å². The third kappa shape index (κ3) is 1.70. The van der Waals surface area contributed by atoms with Gasteiger partial charge in [-0.2, -0.15) is 0 Å². The highest BCUT2D eigenvalue weighted by Gasteiger charge is 1.98. The lowest BCUT2D eigenvalue weighted by molar-refractivity contribution is 1.33. The Bertz CT molecular complexity index is 452. The number of nitrogens with one attached hydrogen (secondary N) is 1. The lowest BCUT2D eigenvalue weighted by atomic mass is 10.1. The number of hydrogen-bond donors (Lipinski definition) is 1. The average Bonchev–Trinajstić information content (AvgIpc) is 2.53. The van der Waals surface area contributed by atoms with Gasteiger partial charge in [0.25, 0.3) is 0 Å². The van der Waals surface area contributed by atoms with Crippen LogP contribution in [0.4, 0.5) is 0 Å². The molecule has 0 fully saturated rings. The van der Waals surface area contributed by atoms with E-state index in [1.54, 1.807) is 0 Å². The summed E-state index contributed by atoms with van der Waals surface area (Å²) in [6.45, 7) is 2.04. The normalized spacial score (nSPS) is 10.2. The van der Waals surface area contributed by atoms with Gasteiger partial charge in [-0.3, -0.25) is 4.79 Å². The first-order valence-corrected chi connectivity index (χ1v) is 4.88. The van der Waals surface area contributed by atoms with Crippen LogP contribution in [0, 0.1) is 6.92 Å². The Morgan fingerprint density at radius 3 is 2.46 bits per heavy atom. The average molecular weight is 191 g/mol. The van der Waals surface area contributed by atoms with Gasteiger partial charge in [-0.25, -0.2) is 0 Å². The van der Waals surface area contributed by atoms with Crippen molar-refractivity contribution in [2.75, 3.05) is 0 Å². The van der Waals surface area contributed by atoms with Crippen LogP contribution in [0.2, 0.25) is 0 Å². The summed E-state index contributed by atoms with van der Waals surface area (Å²) >= 11 is 1.19. The minimum absolute atomic E-state index is 0.00410. The highest BCUT2D eigenvalue weighted by molar-refractivity contribution is 7.07. The van der Waals surface area contributed by atoms with Gasteiger partial charge in [0.1, 0.15) is 0 Å². The van der Waals surface area contributed by atoms with Crippen LogP contribution < -0.4 is 4.87 Å². The van der Waals surface area contributed by atoms with Crippen molar-refractivity contribution in [2.24, 2.45) is 0 Å². The van der Waals surface area contributed by atoms with Crippen LogP contribution in [0.1, 0.15) is 5.56 Å². The fraction of sp³-hybridized carbons (Fsp3) is 0.100. The lowest BCUT2D eigenvalue weighted by Gasteiger charge is -1.96. The Balaban J connectivity index is 2.47. The van der Waals surface area contributed by atoms with Crippen molar-refractivity contribution in [3.05, 3.63) is 44.9 Å². The van der Waals surface area contributed by atoms with E-state index in [-0.39, 0.29) is 4.87 Å². The summed E-state index contributed by atoms with van der Waals surface area (Å²) in [5.41, 5.74) is 3.18. The predicted molar refractivity (Wildman–Crippen MR) is 55.1 cm³/mol. The van der Waals surface area contributed by atoms with E-state index in [2.05, 4.69) is 4.98 Å². The summed E-state index contributed by atoms with van der Waals surface area (Å²) in [5, 5.41) is 1.84. The number of aromatic amines is 1. The van der Waals surface area contributed by atoms with Gasteiger partial charge in [-0.15, -0.1) is 0 Å². The molecule has 0 bridgehead atoms. The van der Waals surface area contributed by atoms with Crippen molar-refractivity contribution in [3.8, 4) is 11.3 Å². The monoisotopic (exact) mass is 191 g/mol. The molecule has 0 unspecified atom stereocenters. The molecule has 0 aliphatic carbocycles. The van der Waals surface area contributed by atoms with Crippen LogP contribution in [-0.4, -0.2) is 4.98 Å². The zero-order valence-corrected chi connectivity index (χ0v) is 8.02. The number of H-pyrrole nitrogens is 1. The van der Waals surface area contributed by atoms with Gasteiger partial charge in [0, 0.05) is 5.38 Å². The molecular weight excluding hydrogens is 182 g/mol. The quantitative estimate of drug-likeness (QED) is 0.737. The number of rotatable bonds is 1. The van der Waals surface area contributed by atoms with Gasteiger partial charge in [-0.1, -0.05) is 41.2 Å². The molecule has 2 rings (SSSR count). The van der Waals surface area contributed by atoms with Crippen molar-refractivity contribution in [3.63, 3.8) is 0 Å². The maximum atomic E-state index is 10.9. The molecule has 1 heterocycles. The molecule has 2 aromatic rings. The first kappa shape index (κ1) is 8.26. The number of aromatic nitrogens is 1. The predicted octanol–water partition coefficient (Wildman–Crippen LogP) is 2.41. The van der Waals surface area contributed by atoms with Crippen molar-refractivity contribution < 1.29 is 0 Å². The fourth-order valence-corrected chi connectivity index (χ4v) is 1.74. The molecular formula is C10H9NOS. The number of hydrogen-bond acceptors (Lipinski definition) is 2. The van der Waals surface area contributed by atoms with Crippen LogP contribution in [-0.2, 0) is 0 Å². The maximum Gasteiger partial charge on any atom is 0.304 e. The third-order valence-electron chi connectivity index (χ3n) is 1.88. The molecule has 0 atom stereocenters. The molecule has 0 radical (unpaired) electrons. The minimum atomic E-state index is -0.00410. The third-order valence-corrected chi connectivity index (χ3v) is 2.55. The lowest BCUT2D eigenvalue weighted by Crippen LogP contribution is -1.92. The molecule has 66 valence electrons. The molecule has 2 nitrogen and oxygen atoms in total. The second-order valence-corrected chi connectivity index (χ2v) is 3.77. The zero-order chi connectivity index (χ0) is 9.26. The molecule has 1 aromatic heterocycles. The SMILES string of the molecule is Cc1ccc(-c2csc(=O)[nH]2)cc1. The summed E-state index contributed by atoms with van der Waals surface area (Å²) in [5.74, 6) is 0. The molecule has 0 amide bonds. The van der Waals surface area contributed by atoms with Crippen LogP contribution in [0.5, 0.6) is 0 Å². The highest BCUT2D eigenvalue weighted by atomic mass is 32.1. The molecule has 0 aliphatic rings. The summed E-state index contributed by atoms with van der Waals surface area (Å²) in [7, 11) is 0. The van der Waals surface area contributed by atoms with Crippen LogP contribution in [0.15, 0.2) is 34.4 Å². The summed E-state index contributed by atoms with van der Waals surface area (Å²) < 4.78 is 0. The Labute approximate surface area is 79.9 Å². The molecule has 0 saturated heterocycles. The van der Waals surface area contributed by atoms with Crippen LogP contribution in [0.3, 0.4) is 0 Å². The number of benzene rings is 1. The van der Waals surface area contributed by atoms with Gasteiger partial charge >= 0.3 is 4.87 Å². The smallest absolute Gasteiger partial charge is 0.304 e. The minimum Gasteiger partial charge on any atom is -0.312 e. The fourth-order valence-electron chi connectivity index (χ4n) is 1.15. The topological polar surface area (TPSA) is 32.9 Å². The molecule has 1 N–H and O–H groups in total. The second kappa shape index (κ2) is 3.18. The van der Waals surface area contributed by atoms with Gasteiger partial charge in [-0.05, 0) is 12.5 Å². The Morgan fingerprint density at radius 1 is 1.23 bits per heavy atom. The van der Waals surface area contributed by atoms with E-state index in [1.807, 2.05) is 36.6 Å². The summed E-state index contributed by atoms with van der Waals surface area (Å²) in [6.07, 6.45) is 0. The molecule has 1 aromatic carbocycles. The van der Waals surface area contributed by atoms with Crippen molar-refractivity contribution in [1.29, 1.82) is 0 Å². The Hall–Kier alpha value is -1.35. The van der Waals surface area contributed by atoms with Crippen molar-refractivity contribution >= 4 is 11.3 Å². The zero-order valence-electron chi connectivity index (χ0n) is 7.20. The molecule has 0 spiro atoms. The van der Waals surface area contributed by atoms with Crippen LogP contribution in [0.25, 0.3) is 11.3 Å². The van der Waals surface area contributed by atoms with Gasteiger partial charge in [0.05, 0.1) is 5.69 Å². The van der Waals surface area contributed by atoms with E-state index in [9.17, 15) is 4.79 Å². The Morgan fingerprint density at radius 2 is 1.92 bits per heavy atom. The van der Waals surface area contributed by atoms with E-state index >= 15 is 0 Å². The summed E-state index contributed by atoms with van der Waals surface area (Å²) in [4.78, 5) is 13.7. The van der Waals surface area contributed by atoms with Crippen LogP contribution >= 0.6 is 11.3 Å². The first-order chi connectivity index (χ1) is 6.25. The van der Waals surface area contributed by atoms with Gasteiger partial charge in [0.15, 0.2) is 0 Å². The largest absolute Gasteiger partial charge is 0.312 e. The standard InChI is InChI=1S/C10H9NOS/c1-7-2-4-8(5-3-7)9-6-13-10(12)11-9/h2-6H,1H3,(H,11,12). The number of thiazole rings is 1. The van der Waals surface area contributed by atoms with E-state index in [4.69, 9.17) is 0 Å². The van der Waals surface area contributed by atoms with E-state index in [0.717, 1.165) is 11.3 Å². The molecule has 0 saturated carbocycles. The van der Waals surface area contributed by atoms with E-state index < -0.39 is 0 Å². The molecule has 0 aliphatic heterocycles. The molecule has 3 heteroatoms. The van der Waals surface area contributed by atoms with E-state index in [0.29, 0.717) is 0 Å². The molecule has 13 heavy (non-hydrogen) atoms. The first-order valence-electron chi connectivity index (χ1n) is 4.00. The Kier molecular flexibility index (Phi) is 2.02. The second-order valence-electron chi connectivity index (χ2n) is 2.93. The van der Waals surface area contributed by atoms with Crippen molar-refractivity contribution in [2.45, 2.75) is 6.92 Å². The van der Waals surface area contributed by atoms with Gasteiger partial charge in [0.2, 0.25) is 0 Å².